The lowest BCUT2D eigenvalue weighted by Gasteiger charge is -2.11. The van der Waals surface area contributed by atoms with Gasteiger partial charge in [-0.1, -0.05) is 30.3 Å². The molecule has 0 saturated heterocycles. The number of amides is 1. The number of anilines is 1. The van der Waals surface area contributed by atoms with Crippen LogP contribution in [0, 0.1) is 6.92 Å². The number of oxime groups is 1. The molecular formula is C21H26N2O4. The zero-order chi connectivity index (χ0) is 19.5. The summed E-state index contributed by atoms with van der Waals surface area (Å²) >= 11 is 0. The van der Waals surface area contributed by atoms with Crippen molar-refractivity contribution >= 4 is 17.8 Å². The molecule has 6 heteroatoms. The minimum Gasteiger partial charge on any atom is -0.490 e. The molecule has 0 aliphatic rings. The van der Waals surface area contributed by atoms with Crippen LogP contribution in [0.3, 0.4) is 0 Å². The van der Waals surface area contributed by atoms with E-state index in [4.69, 9.17) is 14.3 Å². The molecule has 144 valence electrons. The molecule has 0 fully saturated rings. The maximum atomic E-state index is 11.9. The molecule has 0 spiro atoms. The van der Waals surface area contributed by atoms with Gasteiger partial charge in [0.1, 0.15) is 0 Å². The van der Waals surface area contributed by atoms with Gasteiger partial charge in [0.25, 0.3) is 5.91 Å². The van der Waals surface area contributed by atoms with Crippen LogP contribution in [0.15, 0.2) is 47.6 Å². The van der Waals surface area contributed by atoms with Crippen LogP contribution in [-0.2, 0) is 9.63 Å². The minimum atomic E-state index is -0.264. The lowest BCUT2D eigenvalue weighted by molar-refractivity contribution is -0.120. The number of carbonyl (C=O) groups is 1. The van der Waals surface area contributed by atoms with Crippen LogP contribution in [0.25, 0.3) is 0 Å². The molecule has 6 nitrogen and oxygen atoms in total. The Balaban J connectivity index is 1.88. The fourth-order valence-electron chi connectivity index (χ4n) is 2.30. The summed E-state index contributed by atoms with van der Waals surface area (Å²) in [7, 11) is 0. The highest BCUT2D eigenvalue weighted by Gasteiger charge is 2.06. The highest BCUT2D eigenvalue weighted by Crippen LogP contribution is 2.28. The van der Waals surface area contributed by atoms with Crippen molar-refractivity contribution in [3.05, 3.63) is 53.6 Å². The summed E-state index contributed by atoms with van der Waals surface area (Å²) in [6, 6.07) is 13.1. The number of rotatable bonds is 10. The Morgan fingerprint density at radius 2 is 1.93 bits per heavy atom. The van der Waals surface area contributed by atoms with Crippen LogP contribution in [0.5, 0.6) is 11.5 Å². The van der Waals surface area contributed by atoms with Gasteiger partial charge in [0.2, 0.25) is 0 Å². The highest BCUT2D eigenvalue weighted by atomic mass is 16.6. The van der Waals surface area contributed by atoms with Gasteiger partial charge in [0, 0.05) is 11.3 Å². The summed E-state index contributed by atoms with van der Waals surface area (Å²) in [5.74, 6) is 1.10. The van der Waals surface area contributed by atoms with E-state index in [1.165, 1.54) is 6.21 Å². The molecule has 0 aliphatic carbocycles. The maximum Gasteiger partial charge on any atom is 0.265 e. The molecule has 1 amide bonds. The molecule has 0 bridgehead atoms. The van der Waals surface area contributed by atoms with Gasteiger partial charge in [0.15, 0.2) is 18.1 Å². The topological polar surface area (TPSA) is 69.2 Å². The first kappa shape index (κ1) is 20.3. The maximum absolute atomic E-state index is 11.9. The molecule has 0 aromatic heterocycles. The number of ether oxygens (including phenoxy) is 2. The van der Waals surface area contributed by atoms with E-state index in [0.717, 1.165) is 23.2 Å². The summed E-state index contributed by atoms with van der Waals surface area (Å²) in [6.07, 6.45) is 2.46. The van der Waals surface area contributed by atoms with Gasteiger partial charge in [-0.25, -0.2) is 0 Å². The molecule has 0 radical (unpaired) electrons. The molecule has 2 rings (SSSR count). The average Bonchev–Trinajstić information content (AvgIpc) is 2.66. The van der Waals surface area contributed by atoms with Crippen LogP contribution in [-0.4, -0.2) is 31.9 Å². The SMILES string of the molecule is CCCOc1ccc(/C=N/OCC(=O)Nc2ccccc2C)cc1OCC. The molecule has 2 aromatic rings. The summed E-state index contributed by atoms with van der Waals surface area (Å²) in [4.78, 5) is 17.0. The first-order chi connectivity index (χ1) is 13.1. The third kappa shape index (κ3) is 6.66. The van der Waals surface area contributed by atoms with Crippen molar-refractivity contribution in [2.45, 2.75) is 27.2 Å². The van der Waals surface area contributed by atoms with E-state index in [2.05, 4.69) is 10.5 Å². The van der Waals surface area contributed by atoms with Crippen molar-refractivity contribution in [3.63, 3.8) is 0 Å². The second kappa shape index (κ2) is 10.9. The Labute approximate surface area is 160 Å². The van der Waals surface area contributed by atoms with Crippen LogP contribution in [0.4, 0.5) is 5.69 Å². The van der Waals surface area contributed by atoms with E-state index in [9.17, 15) is 4.79 Å². The monoisotopic (exact) mass is 370 g/mol. The second-order valence-electron chi connectivity index (χ2n) is 5.86. The number of aryl methyl sites for hydroxylation is 1. The predicted molar refractivity (Wildman–Crippen MR) is 107 cm³/mol. The highest BCUT2D eigenvalue weighted by molar-refractivity contribution is 5.92. The number of nitrogens with zero attached hydrogens (tertiary/aromatic N) is 1. The number of hydrogen-bond donors (Lipinski definition) is 1. The third-order valence-electron chi connectivity index (χ3n) is 3.62. The minimum absolute atomic E-state index is 0.166. The fraction of sp³-hybridized carbons (Fsp3) is 0.333. The lowest BCUT2D eigenvalue weighted by atomic mass is 10.2. The number of benzene rings is 2. The Hall–Kier alpha value is -3.02. The van der Waals surface area contributed by atoms with E-state index in [1.807, 2.05) is 63.2 Å². The summed E-state index contributed by atoms with van der Waals surface area (Å²) in [6.45, 7) is 6.90. The van der Waals surface area contributed by atoms with Crippen molar-refractivity contribution in [3.8, 4) is 11.5 Å². The van der Waals surface area contributed by atoms with Gasteiger partial charge < -0.3 is 19.6 Å². The Kier molecular flexibility index (Phi) is 8.16. The molecule has 0 aliphatic heterocycles. The number of hydrogen-bond acceptors (Lipinski definition) is 5. The predicted octanol–water partition coefficient (Wildman–Crippen LogP) is 4.17. The lowest BCUT2D eigenvalue weighted by Crippen LogP contribution is -2.17. The molecule has 27 heavy (non-hydrogen) atoms. The van der Waals surface area contributed by atoms with Crippen molar-refractivity contribution < 1.29 is 19.1 Å². The Morgan fingerprint density at radius 1 is 1.11 bits per heavy atom. The largest absolute Gasteiger partial charge is 0.490 e. The molecule has 2 aromatic carbocycles. The number of nitrogens with one attached hydrogen (secondary N) is 1. The first-order valence-corrected chi connectivity index (χ1v) is 9.04. The van der Waals surface area contributed by atoms with Gasteiger partial charge in [-0.15, -0.1) is 0 Å². The van der Waals surface area contributed by atoms with E-state index in [1.54, 1.807) is 0 Å². The van der Waals surface area contributed by atoms with Gasteiger partial charge in [0.05, 0.1) is 19.4 Å². The van der Waals surface area contributed by atoms with E-state index in [-0.39, 0.29) is 12.5 Å². The molecule has 0 heterocycles. The van der Waals surface area contributed by atoms with Gasteiger partial charge >= 0.3 is 0 Å². The van der Waals surface area contributed by atoms with Crippen molar-refractivity contribution in [1.82, 2.24) is 0 Å². The standard InChI is InChI=1S/C21H26N2O4/c1-4-12-26-19-11-10-17(13-20(19)25-5-2)14-22-27-15-21(24)23-18-9-7-6-8-16(18)3/h6-11,13-14H,4-5,12,15H2,1-3H3,(H,23,24)/b22-14+. The third-order valence-corrected chi connectivity index (χ3v) is 3.62. The summed E-state index contributed by atoms with van der Waals surface area (Å²) < 4.78 is 11.3. The fourth-order valence-corrected chi connectivity index (χ4v) is 2.30. The smallest absolute Gasteiger partial charge is 0.265 e. The van der Waals surface area contributed by atoms with Crippen molar-refractivity contribution in [2.75, 3.05) is 25.1 Å². The number of para-hydroxylation sites is 1. The van der Waals surface area contributed by atoms with Crippen LogP contribution >= 0.6 is 0 Å². The summed E-state index contributed by atoms with van der Waals surface area (Å²) in [5.41, 5.74) is 2.55. The Bertz CT molecular complexity index is 775. The van der Waals surface area contributed by atoms with Crippen molar-refractivity contribution in [2.24, 2.45) is 5.16 Å². The van der Waals surface area contributed by atoms with Crippen LogP contribution in [0.1, 0.15) is 31.4 Å². The normalized spacial score (nSPS) is 10.6. The summed E-state index contributed by atoms with van der Waals surface area (Å²) in [5, 5.41) is 6.64. The zero-order valence-corrected chi connectivity index (χ0v) is 16.0. The van der Waals surface area contributed by atoms with Crippen LogP contribution < -0.4 is 14.8 Å². The van der Waals surface area contributed by atoms with E-state index < -0.39 is 0 Å². The van der Waals surface area contributed by atoms with Crippen LogP contribution in [0.2, 0.25) is 0 Å². The van der Waals surface area contributed by atoms with Gasteiger partial charge in [-0.2, -0.15) is 0 Å². The molecule has 0 unspecified atom stereocenters. The van der Waals surface area contributed by atoms with Gasteiger partial charge in [-0.3, -0.25) is 4.79 Å². The average molecular weight is 370 g/mol. The van der Waals surface area contributed by atoms with Crippen molar-refractivity contribution in [1.29, 1.82) is 0 Å². The zero-order valence-electron chi connectivity index (χ0n) is 16.0. The molecule has 1 N–H and O–H groups in total. The Morgan fingerprint density at radius 3 is 2.67 bits per heavy atom. The quantitative estimate of drug-likeness (QED) is 0.503. The first-order valence-electron chi connectivity index (χ1n) is 9.04. The van der Waals surface area contributed by atoms with Gasteiger partial charge in [-0.05, 0) is 50.1 Å². The molecule has 0 atom stereocenters. The second-order valence-corrected chi connectivity index (χ2v) is 5.86. The van der Waals surface area contributed by atoms with E-state index in [0.29, 0.717) is 24.7 Å². The van der Waals surface area contributed by atoms with E-state index >= 15 is 0 Å². The molecular weight excluding hydrogens is 344 g/mol. The molecule has 0 saturated carbocycles. The number of carbonyl (C=O) groups excluding carboxylic acids is 1.